The fraction of sp³-hybridized carbons (Fsp3) is 0.667. The lowest BCUT2D eigenvalue weighted by Crippen LogP contribution is -2.41. The average Bonchev–Trinajstić information content (AvgIpc) is 2.80. The van der Waals surface area contributed by atoms with Gasteiger partial charge < -0.3 is 4.90 Å². The fourth-order valence-electron chi connectivity index (χ4n) is 0.831. The Morgan fingerprint density at radius 1 is 1.50 bits per heavy atom. The summed E-state index contributed by atoms with van der Waals surface area (Å²) in [6, 6.07) is 1.10. The molecule has 0 aromatic rings. The van der Waals surface area contributed by atoms with Crippen LogP contribution in [-0.4, -0.2) is 29.4 Å². The molecule has 0 saturated carbocycles. The third-order valence-corrected chi connectivity index (χ3v) is 1.92. The summed E-state index contributed by atoms with van der Waals surface area (Å²) in [5.41, 5.74) is -0.589. The lowest BCUT2D eigenvalue weighted by Gasteiger charge is -2.16. The molecule has 76 valence electrons. The molecule has 5 nitrogen and oxygen atoms in total. The summed E-state index contributed by atoms with van der Waals surface area (Å²) in [6.45, 7) is 5.58. The van der Waals surface area contributed by atoms with Crippen molar-refractivity contribution in [2.75, 3.05) is 6.54 Å². The summed E-state index contributed by atoms with van der Waals surface area (Å²) in [4.78, 5) is 23.9. The van der Waals surface area contributed by atoms with Crippen molar-refractivity contribution in [3.63, 3.8) is 0 Å². The molecule has 1 atom stereocenters. The van der Waals surface area contributed by atoms with Crippen LogP contribution in [0.4, 0.5) is 4.79 Å². The van der Waals surface area contributed by atoms with Gasteiger partial charge in [-0.1, -0.05) is 20.8 Å². The van der Waals surface area contributed by atoms with Crippen LogP contribution in [0.25, 0.3) is 0 Å². The van der Waals surface area contributed by atoms with E-state index in [1.54, 1.807) is 20.8 Å². The maximum Gasteiger partial charge on any atom is 0.325 e. The summed E-state index contributed by atoms with van der Waals surface area (Å²) in [5.74, 6) is -0.328. The van der Waals surface area contributed by atoms with Crippen LogP contribution < -0.4 is 5.32 Å². The first kappa shape index (κ1) is 10.5. The van der Waals surface area contributed by atoms with Gasteiger partial charge in [-0.25, -0.2) is 4.79 Å². The van der Waals surface area contributed by atoms with E-state index in [0.717, 1.165) is 0 Å². The van der Waals surface area contributed by atoms with Gasteiger partial charge in [0.15, 0.2) is 0 Å². The largest absolute Gasteiger partial charge is 0.325 e. The molecule has 1 rings (SSSR count). The van der Waals surface area contributed by atoms with Crippen molar-refractivity contribution in [3.8, 4) is 6.07 Å². The van der Waals surface area contributed by atoms with Gasteiger partial charge in [-0.05, 0) is 0 Å². The SMILES string of the molecule is CC(C)(C)C(=O)NC(=O)N1CC1C#N. The number of urea groups is 1. The van der Waals surface area contributed by atoms with E-state index in [9.17, 15) is 9.59 Å². The van der Waals surface area contributed by atoms with E-state index >= 15 is 0 Å². The van der Waals surface area contributed by atoms with Gasteiger partial charge in [0.2, 0.25) is 5.91 Å². The highest BCUT2D eigenvalue weighted by atomic mass is 16.2. The molecule has 1 unspecified atom stereocenters. The Labute approximate surface area is 82.7 Å². The first-order valence-corrected chi connectivity index (χ1v) is 4.38. The molecule has 1 fully saturated rings. The molecule has 1 aliphatic rings. The molecule has 1 N–H and O–H groups in total. The number of carbonyl (C=O) groups excluding carboxylic acids is 2. The molecule has 0 aliphatic carbocycles. The number of imide groups is 1. The highest BCUT2D eigenvalue weighted by Gasteiger charge is 2.40. The summed E-state index contributed by atoms with van der Waals surface area (Å²) < 4.78 is 0. The van der Waals surface area contributed by atoms with Gasteiger partial charge in [0.05, 0.1) is 12.6 Å². The number of hydrogen-bond acceptors (Lipinski definition) is 3. The van der Waals surface area contributed by atoms with Crippen molar-refractivity contribution >= 4 is 11.9 Å². The van der Waals surface area contributed by atoms with Crippen molar-refractivity contribution < 1.29 is 9.59 Å². The molecule has 5 heteroatoms. The van der Waals surface area contributed by atoms with Crippen molar-refractivity contribution in [2.24, 2.45) is 5.41 Å². The number of rotatable bonds is 0. The van der Waals surface area contributed by atoms with E-state index in [0.29, 0.717) is 6.54 Å². The van der Waals surface area contributed by atoms with E-state index in [2.05, 4.69) is 5.32 Å². The molecule has 1 saturated heterocycles. The molecular formula is C9H13N3O2. The lowest BCUT2D eigenvalue weighted by atomic mass is 9.96. The van der Waals surface area contributed by atoms with Crippen LogP contribution in [-0.2, 0) is 4.79 Å². The van der Waals surface area contributed by atoms with Gasteiger partial charge >= 0.3 is 6.03 Å². The number of nitrogens with one attached hydrogen (secondary N) is 1. The molecule has 0 aromatic carbocycles. The van der Waals surface area contributed by atoms with Gasteiger partial charge in [0, 0.05) is 5.41 Å². The minimum Gasteiger partial charge on any atom is -0.303 e. The van der Waals surface area contributed by atoms with Gasteiger partial charge in [-0.2, -0.15) is 5.26 Å². The highest BCUT2D eigenvalue weighted by molar-refractivity contribution is 5.97. The summed E-state index contributed by atoms with van der Waals surface area (Å²) in [6.07, 6.45) is 0. The predicted octanol–water partition coefficient (Wildman–Crippen LogP) is 0.476. The number of amides is 3. The number of nitriles is 1. The Balaban J connectivity index is 2.44. The van der Waals surface area contributed by atoms with E-state index in [4.69, 9.17) is 5.26 Å². The summed E-state index contributed by atoms with van der Waals surface area (Å²) in [7, 11) is 0. The van der Waals surface area contributed by atoms with Crippen LogP contribution in [0, 0.1) is 16.7 Å². The van der Waals surface area contributed by atoms with Crippen LogP contribution in [0.1, 0.15) is 20.8 Å². The minimum atomic E-state index is -0.589. The van der Waals surface area contributed by atoms with Gasteiger partial charge in [-0.15, -0.1) is 0 Å². The first-order valence-electron chi connectivity index (χ1n) is 4.38. The van der Waals surface area contributed by atoms with E-state index in [1.807, 2.05) is 6.07 Å². The molecule has 0 spiro atoms. The van der Waals surface area contributed by atoms with Crippen molar-refractivity contribution in [2.45, 2.75) is 26.8 Å². The Kier molecular flexibility index (Phi) is 2.47. The van der Waals surface area contributed by atoms with Crippen LogP contribution in [0.2, 0.25) is 0 Å². The maximum absolute atomic E-state index is 11.4. The van der Waals surface area contributed by atoms with Gasteiger partial charge in [0.25, 0.3) is 0 Å². The zero-order valence-corrected chi connectivity index (χ0v) is 8.50. The Bertz CT molecular complexity index is 311. The van der Waals surface area contributed by atoms with Crippen molar-refractivity contribution in [1.29, 1.82) is 5.26 Å². The van der Waals surface area contributed by atoms with Gasteiger partial charge in [0.1, 0.15) is 6.04 Å². The number of nitrogens with zero attached hydrogens (tertiary/aromatic N) is 2. The molecule has 14 heavy (non-hydrogen) atoms. The second-order valence-corrected chi connectivity index (χ2v) is 4.31. The van der Waals surface area contributed by atoms with Crippen LogP contribution in [0.5, 0.6) is 0 Å². The standard InChI is InChI=1S/C9H13N3O2/c1-9(2,3)7(13)11-8(14)12-5-6(12)4-10/h6H,5H2,1-3H3,(H,11,13,14). The van der Waals surface area contributed by atoms with E-state index in [1.165, 1.54) is 4.90 Å². The normalized spacial score (nSPS) is 19.9. The fourth-order valence-corrected chi connectivity index (χ4v) is 0.831. The monoisotopic (exact) mass is 195 g/mol. The van der Waals surface area contributed by atoms with Crippen molar-refractivity contribution in [3.05, 3.63) is 0 Å². The summed E-state index contributed by atoms with van der Waals surface area (Å²) >= 11 is 0. The summed E-state index contributed by atoms with van der Waals surface area (Å²) in [5, 5.41) is 10.7. The highest BCUT2D eigenvalue weighted by Crippen LogP contribution is 2.17. The predicted molar refractivity (Wildman–Crippen MR) is 49.1 cm³/mol. The first-order chi connectivity index (χ1) is 6.36. The molecular weight excluding hydrogens is 182 g/mol. The van der Waals surface area contributed by atoms with E-state index in [-0.39, 0.29) is 11.9 Å². The molecule has 0 bridgehead atoms. The molecule has 0 radical (unpaired) electrons. The Hall–Kier alpha value is -1.57. The minimum absolute atomic E-state index is 0.328. The Morgan fingerprint density at radius 3 is 2.43 bits per heavy atom. The van der Waals surface area contributed by atoms with Gasteiger partial charge in [-0.3, -0.25) is 10.1 Å². The van der Waals surface area contributed by atoms with E-state index < -0.39 is 11.4 Å². The van der Waals surface area contributed by atoms with Crippen LogP contribution >= 0.6 is 0 Å². The molecule has 1 heterocycles. The zero-order valence-electron chi connectivity index (χ0n) is 8.50. The molecule has 1 aliphatic heterocycles. The lowest BCUT2D eigenvalue weighted by molar-refractivity contribution is -0.127. The van der Waals surface area contributed by atoms with Crippen molar-refractivity contribution in [1.82, 2.24) is 10.2 Å². The quantitative estimate of drug-likeness (QED) is 0.571. The van der Waals surface area contributed by atoms with Crippen LogP contribution in [0.3, 0.4) is 0 Å². The Morgan fingerprint density at radius 2 is 2.07 bits per heavy atom. The second-order valence-electron chi connectivity index (χ2n) is 4.31. The third kappa shape index (κ3) is 2.22. The zero-order chi connectivity index (χ0) is 10.9. The number of hydrogen-bond donors (Lipinski definition) is 1. The average molecular weight is 195 g/mol. The second kappa shape index (κ2) is 3.29. The molecule has 3 amide bonds. The molecule has 0 aromatic heterocycles. The number of carbonyl (C=O) groups is 2. The third-order valence-electron chi connectivity index (χ3n) is 1.92. The topological polar surface area (TPSA) is 73.0 Å². The smallest absolute Gasteiger partial charge is 0.303 e. The maximum atomic E-state index is 11.4. The van der Waals surface area contributed by atoms with Crippen LogP contribution in [0.15, 0.2) is 0 Å².